The maximum absolute atomic E-state index is 14.2. The molecule has 1 aliphatic heterocycles. The molecule has 4 nitrogen and oxygen atoms in total. The Balaban J connectivity index is 1.57. The normalized spacial score (nSPS) is 18.5. The zero-order valence-corrected chi connectivity index (χ0v) is 20.3. The number of nitrogens with one attached hydrogen (secondary N) is 1. The van der Waals surface area contributed by atoms with E-state index in [1.54, 1.807) is 25.1 Å². The molecule has 0 spiro atoms. The van der Waals surface area contributed by atoms with E-state index in [1.165, 1.54) is 18.2 Å². The van der Waals surface area contributed by atoms with Crippen molar-refractivity contribution in [3.05, 3.63) is 105 Å². The Bertz CT molecular complexity index is 1280. The minimum absolute atomic E-state index is 0.0594. The van der Waals surface area contributed by atoms with Gasteiger partial charge in [-0.1, -0.05) is 64.8 Å². The van der Waals surface area contributed by atoms with Crippen molar-refractivity contribution < 1.29 is 22.8 Å². The number of amides is 1. The molecule has 0 saturated carbocycles. The summed E-state index contributed by atoms with van der Waals surface area (Å²) in [5.74, 6) is -0.284. The Kier molecular flexibility index (Phi) is 6.84. The maximum Gasteiger partial charge on any atom is 0.435 e. The van der Waals surface area contributed by atoms with Gasteiger partial charge in [-0.15, -0.1) is 0 Å². The maximum atomic E-state index is 14.2. The van der Waals surface area contributed by atoms with Crippen LogP contribution in [0, 0.1) is 6.92 Å². The zero-order valence-electron chi connectivity index (χ0n) is 18.8. The van der Waals surface area contributed by atoms with Gasteiger partial charge in [0.2, 0.25) is 0 Å². The molecule has 0 aromatic heterocycles. The van der Waals surface area contributed by atoms with Crippen LogP contribution in [0.2, 0.25) is 10.0 Å². The third kappa shape index (κ3) is 5.02. The lowest BCUT2D eigenvalue weighted by atomic mass is 9.86. The van der Waals surface area contributed by atoms with Gasteiger partial charge in [-0.05, 0) is 60.9 Å². The smallest absolute Gasteiger partial charge is 0.374 e. The highest BCUT2D eigenvalue weighted by atomic mass is 35.5. The third-order valence-corrected chi connectivity index (χ3v) is 6.40. The SMILES string of the molecule is Cc1cc(C2=NOC(c3cc(Cl)cc(Cl)c3)(C(F)(F)F)C2)ccc1C(=O)NC(C)c1ccccc1. The Morgan fingerprint density at radius 2 is 1.71 bits per heavy atom. The van der Waals surface area contributed by atoms with Gasteiger partial charge < -0.3 is 10.2 Å². The summed E-state index contributed by atoms with van der Waals surface area (Å²) in [6.07, 6.45) is -5.35. The van der Waals surface area contributed by atoms with Crippen molar-refractivity contribution in [2.24, 2.45) is 5.16 Å². The van der Waals surface area contributed by atoms with E-state index in [9.17, 15) is 18.0 Å². The Morgan fingerprint density at radius 1 is 1.06 bits per heavy atom. The summed E-state index contributed by atoms with van der Waals surface area (Å²) in [6, 6.07) is 17.7. The lowest BCUT2D eigenvalue weighted by Gasteiger charge is -2.29. The number of oxime groups is 1. The monoisotopic (exact) mass is 520 g/mol. The number of aryl methyl sites for hydroxylation is 1. The van der Waals surface area contributed by atoms with E-state index in [-0.39, 0.29) is 33.3 Å². The van der Waals surface area contributed by atoms with Gasteiger partial charge in [0.1, 0.15) is 0 Å². The van der Waals surface area contributed by atoms with Crippen LogP contribution in [0.4, 0.5) is 13.2 Å². The summed E-state index contributed by atoms with van der Waals surface area (Å²) < 4.78 is 42.7. The molecule has 3 aromatic carbocycles. The average molecular weight is 521 g/mol. The minimum atomic E-state index is -4.78. The standard InChI is InChI=1S/C26H21Cl2F3N2O2/c1-15-10-18(8-9-22(15)24(34)32-16(2)17-6-4-3-5-7-17)23-14-25(35-33-23,26(29,30)31)19-11-20(27)13-21(28)12-19/h3-13,16H,14H2,1-2H3,(H,32,34). The fourth-order valence-electron chi connectivity index (χ4n) is 4.04. The van der Waals surface area contributed by atoms with Gasteiger partial charge in [-0.25, -0.2) is 0 Å². The number of benzene rings is 3. The molecule has 0 radical (unpaired) electrons. The molecule has 3 aromatic rings. The number of hydrogen-bond donors (Lipinski definition) is 1. The predicted octanol–water partition coefficient (Wildman–Crippen LogP) is 7.38. The van der Waals surface area contributed by atoms with Crippen LogP contribution in [0.25, 0.3) is 0 Å². The lowest BCUT2D eigenvalue weighted by Crippen LogP contribution is -2.42. The van der Waals surface area contributed by atoms with Gasteiger partial charge in [0.05, 0.1) is 11.8 Å². The number of carbonyl (C=O) groups is 1. The molecule has 0 aliphatic carbocycles. The molecular formula is C26H21Cl2F3N2O2. The molecule has 2 atom stereocenters. The van der Waals surface area contributed by atoms with Crippen molar-refractivity contribution in [3.63, 3.8) is 0 Å². The number of nitrogens with zero attached hydrogens (tertiary/aromatic N) is 1. The Morgan fingerprint density at radius 3 is 2.31 bits per heavy atom. The van der Waals surface area contributed by atoms with Crippen molar-refractivity contribution in [2.45, 2.75) is 38.1 Å². The van der Waals surface area contributed by atoms with Gasteiger partial charge in [0.15, 0.2) is 0 Å². The van der Waals surface area contributed by atoms with Crippen molar-refractivity contribution in [1.82, 2.24) is 5.32 Å². The van der Waals surface area contributed by atoms with Crippen LogP contribution in [-0.4, -0.2) is 17.8 Å². The molecule has 0 fully saturated rings. The molecule has 1 amide bonds. The van der Waals surface area contributed by atoms with Gasteiger partial charge in [-0.3, -0.25) is 4.79 Å². The van der Waals surface area contributed by atoms with E-state index in [1.807, 2.05) is 37.3 Å². The highest BCUT2D eigenvalue weighted by molar-refractivity contribution is 6.34. The molecule has 35 heavy (non-hydrogen) atoms. The second-order valence-electron chi connectivity index (χ2n) is 8.42. The van der Waals surface area contributed by atoms with E-state index in [2.05, 4.69) is 10.5 Å². The first-order valence-electron chi connectivity index (χ1n) is 10.8. The summed E-state index contributed by atoms with van der Waals surface area (Å²) >= 11 is 11.9. The van der Waals surface area contributed by atoms with Crippen molar-refractivity contribution in [1.29, 1.82) is 0 Å². The van der Waals surface area contributed by atoms with Crippen LogP contribution in [0.5, 0.6) is 0 Å². The molecule has 1 N–H and O–H groups in total. The molecule has 1 aliphatic rings. The molecule has 182 valence electrons. The van der Waals surface area contributed by atoms with Crippen LogP contribution in [0.15, 0.2) is 71.9 Å². The van der Waals surface area contributed by atoms with Crippen LogP contribution < -0.4 is 5.32 Å². The molecular weight excluding hydrogens is 500 g/mol. The second-order valence-corrected chi connectivity index (χ2v) is 9.30. The van der Waals surface area contributed by atoms with Crippen LogP contribution in [0.3, 0.4) is 0 Å². The van der Waals surface area contributed by atoms with Gasteiger partial charge in [-0.2, -0.15) is 13.2 Å². The van der Waals surface area contributed by atoms with Crippen molar-refractivity contribution in [2.75, 3.05) is 0 Å². The quantitative estimate of drug-likeness (QED) is 0.381. The van der Waals surface area contributed by atoms with Crippen molar-refractivity contribution >= 4 is 34.8 Å². The number of rotatable bonds is 5. The van der Waals surface area contributed by atoms with Gasteiger partial charge in [0.25, 0.3) is 11.5 Å². The number of carbonyl (C=O) groups excluding carboxylic acids is 1. The first kappa shape index (κ1) is 25.1. The lowest BCUT2D eigenvalue weighted by molar-refractivity contribution is -0.275. The summed E-state index contributed by atoms with van der Waals surface area (Å²) in [7, 11) is 0. The number of halogens is 5. The van der Waals surface area contributed by atoms with Gasteiger partial charge >= 0.3 is 6.18 Å². The van der Waals surface area contributed by atoms with E-state index < -0.39 is 18.2 Å². The summed E-state index contributed by atoms with van der Waals surface area (Å²) in [6.45, 7) is 3.59. The number of alkyl halides is 3. The highest BCUT2D eigenvalue weighted by Gasteiger charge is 2.62. The van der Waals surface area contributed by atoms with Crippen LogP contribution in [0.1, 0.15) is 52.0 Å². The number of hydrogen-bond acceptors (Lipinski definition) is 3. The van der Waals surface area contributed by atoms with E-state index in [4.69, 9.17) is 28.0 Å². The third-order valence-electron chi connectivity index (χ3n) is 5.97. The minimum Gasteiger partial charge on any atom is -0.374 e. The Hall–Kier alpha value is -3.03. The predicted molar refractivity (Wildman–Crippen MR) is 130 cm³/mol. The highest BCUT2D eigenvalue weighted by Crippen LogP contribution is 2.49. The van der Waals surface area contributed by atoms with Crippen LogP contribution >= 0.6 is 23.2 Å². The summed E-state index contributed by atoms with van der Waals surface area (Å²) in [5.41, 5.74) is -0.453. The largest absolute Gasteiger partial charge is 0.435 e. The topological polar surface area (TPSA) is 50.7 Å². The molecule has 4 rings (SSSR count). The Labute approximate surface area is 210 Å². The molecule has 2 unspecified atom stereocenters. The van der Waals surface area contributed by atoms with Crippen molar-refractivity contribution in [3.8, 4) is 0 Å². The average Bonchev–Trinajstić information content (AvgIpc) is 3.26. The second kappa shape index (κ2) is 9.55. The summed E-state index contributed by atoms with van der Waals surface area (Å²) in [4.78, 5) is 17.9. The molecule has 0 bridgehead atoms. The molecule has 9 heteroatoms. The first-order chi connectivity index (χ1) is 16.5. The van der Waals surface area contributed by atoms with E-state index in [0.29, 0.717) is 16.7 Å². The van der Waals surface area contributed by atoms with E-state index >= 15 is 0 Å². The first-order valence-corrected chi connectivity index (χ1v) is 11.5. The van der Waals surface area contributed by atoms with Gasteiger partial charge in [0, 0.05) is 27.6 Å². The fraction of sp³-hybridized carbons (Fsp3) is 0.231. The molecule has 1 heterocycles. The zero-order chi connectivity index (χ0) is 25.4. The summed E-state index contributed by atoms with van der Waals surface area (Å²) in [5, 5.41) is 6.83. The van der Waals surface area contributed by atoms with E-state index in [0.717, 1.165) is 5.56 Å². The fourth-order valence-corrected chi connectivity index (χ4v) is 4.57. The molecule has 0 saturated heterocycles. The van der Waals surface area contributed by atoms with Crippen LogP contribution in [-0.2, 0) is 10.4 Å².